The van der Waals surface area contributed by atoms with Gasteiger partial charge in [0.25, 0.3) is 5.91 Å². The van der Waals surface area contributed by atoms with Crippen LogP contribution in [0.4, 0.5) is 0 Å². The maximum atomic E-state index is 12.0. The summed E-state index contributed by atoms with van der Waals surface area (Å²) in [5, 5.41) is 2.94. The summed E-state index contributed by atoms with van der Waals surface area (Å²) in [5.41, 5.74) is 5.01. The quantitative estimate of drug-likeness (QED) is 0.771. The first-order chi connectivity index (χ1) is 10.2. The second kappa shape index (κ2) is 5.79. The van der Waals surface area contributed by atoms with Gasteiger partial charge in [-0.05, 0) is 43.2 Å². The summed E-state index contributed by atoms with van der Waals surface area (Å²) in [6.07, 6.45) is 2.49. The van der Waals surface area contributed by atoms with Crippen molar-refractivity contribution in [2.24, 2.45) is 0 Å². The molecule has 21 heavy (non-hydrogen) atoms. The highest BCUT2D eigenvalue weighted by Gasteiger charge is 2.04. The van der Waals surface area contributed by atoms with Crippen molar-refractivity contribution >= 4 is 16.9 Å². The Kier molecular flexibility index (Phi) is 3.69. The zero-order chi connectivity index (χ0) is 14.7. The molecule has 0 saturated heterocycles. The fraction of sp³-hybridized carbons (Fsp3) is 0.176. The molecule has 2 N–H and O–H groups in total. The Morgan fingerprint density at radius 2 is 2.00 bits per heavy atom. The van der Waals surface area contributed by atoms with Gasteiger partial charge in [-0.2, -0.15) is 0 Å². The molecule has 0 fully saturated rings. The van der Waals surface area contributed by atoms with Gasteiger partial charge in [0.2, 0.25) is 0 Å². The molecule has 0 atom stereocenters. The molecule has 106 valence electrons. The lowest BCUT2D eigenvalue weighted by Gasteiger charge is -2.06. The molecule has 0 bridgehead atoms. The van der Waals surface area contributed by atoms with Gasteiger partial charge in [-0.15, -0.1) is 0 Å². The first kappa shape index (κ1) is 13.4. The zero-order valence-corrected chi connectivity index (χ0v) is 11.9. The lowest BCUT2D eigenvalue weighted by molar-refractivity contribution is 0.0954. The predicted molar refractivity (Wildman–Crippen MR) is 83.3 cm³/mol. The fourth-order valence-corrected chi connectivity index (χ4v) is 2.27. The molecule has 0 radical (unpaired) electrons. The number of hydrogen-bond acceptors (Lipinski definition) is 2. The minimum absolute atomic E-state index is 0.0300. The summed E-state index contributed by atoms with van der Waals surface area (Å²) < 4.78 is 0. The van der Waals surface area contributed by atoms with E-state index in [9.17, 15) is 4.79 Å². The van der Waals surface area contributed by atoms with E-state index in [1.54, 1.807) is 6.33 Å². The van der Waals surface area contributed by atoms with E-state index < -0.39 is 0 Å². The Hall–Kier alpha value is -2.62. The average molecular weight is 279 g/mol. The standard InChI is InChI=1S/C17H17N3O/c1-12-2-5-14(6-3-12)17(21)18-9-8-13-4-7-15-16(10-13)20-11-19-15/h2-7,10-11H,8-9H2,1H3,(H,18,21)(H,19,20). The summed E-state index contributed by atoms with van der Waals surface area (Å²) in [6.45, 7) is 2.62. The number of carbonyl (C=O) groups excluding carboxylic acids is 1. The number of benzene rings is 2. The van der Waals surface area contributed by atoms with Crippen LogP contribution < -0.4 is 5.32 Å². The molecule has 1 amide bonds. The number of rotatable bonds is 4. The number of amides is 1. The van der Waals surface area contributed by atoms with Crippen molar-refractivity contribution in [3.8, 4) is 0 Å². The van der Waals surface area contributed by atoms with Gasteiger partial charge in [0.1, 0.15) is 0 Å². The van der Waals surface area contributed by atoms with Crippen molar-refractivity contribution in [1.82, 2.24) is 15.3 Å². The van der Waals surface area contributed by atoms with E-state index in [0.29, 0.717) is 12.1 Å². The number of aryl methyl sites for hydroxylation is 1. The van der Waals surface area contributed by atoms with E-state index in [1.807, 2.05) is 43.3 Å². The third-order valence-electron chi connectivity index (χ3n) is 3.50. The van der Waals surface area contributed by atoms with Crippen LogP contribution in [0, 0.1) is 6.92 Å². The normalized spacial score (nSPS) is 10.7. The fourth-order valence-electron chi connectivity index (χ4n) is 2.27. The van der Waals surface area contributed by atoms with Crippen molar-refractivity contribution in [3.05, 3.63) is 65.5 Å². The van der Waals surface area contributed by atoms with Gasteiger partial charge in [0.15, 0.2) is 0 Å². The number of fused-ring (bicyclic) bond motifs is 1. The molecule has 1 aromatic heterocycles. The SMILES string of the molecule is Cc1ccc(C(=O)NCCc2ccc3nc[nH]c3c2)cc1. The highest BCUT2D eigenvalue weighted by Crippen LogP contribution is 2.11. The topological polar surface area (TPSA) is 57.8 Å². The van der Waals surface area contributed by atoms with Gasteiger partial charge in [0.05, 0.1) is 17.4 Å². The summed E-state index contributed by atoms with van der Waals surface area (Å²) in [7, 11) is 0. The lowest BCUT2D eigenvalue weighted by Crippen LogP contribution is -2.25. The number of imidazole rings is 1. The van der Waals surface area contributed by atoms with E-state index in [4.69, 9.17) is 0 Å². The van der Waals surface area contributed by atoms with Gasteiger partial charge in [-0.1, -0.05) is 23.8 Å². The maximum absolute atomic E-state index is 12.0. The van der Waals surface area contributed by atoms with E-state index >= 15 is 0 Å². The Balaban J connectivity index is 1.57. The smallest absolute Gasteiger partial charge is 0.251 e. The summed E-state index contributed by atoms with van der Waals surface area (Å²) in [6, 6.07) is 13.7. The van der Waals surface area contributed by atoms with Crippen LogP contribution in [0.1, 0.15) is 21.5 Å². The zero-order valence-electron chi connectivity index (χ0n) is 11.9. The Morgan fingerprint density at radius 3 is 2.81 bits per heavy atom. The molecule has 0 aliphatic carbocycles. The molecule has 0 aliphatic rings. The van der Waals surface area contributed by atoms with Gasteiger partial charge in [-0.25, -0.2) is 4.98 Å². The second-order valence-corrected chi connectivity index (χ2v) is 5.13. The van der Waals surface area contributed by atoms with Crippen LogP contribution in [-0.2, 0) is 6.42 Å². The van der Waals surface area contributed by atoms with Crippen molar-refractivity contribution < 1.29 is 4.79 Å². The Labute approximate surface area is 123 Å². The van der Waals surface area contributed by atoms with Crippen molar-refractivity contribution in [1.29, 1.82) is 0 Å². The molecular formula is C17H17N3O. The molecular weight excluding hydrogens is 262 g/mol. The molecule has 4 nitrogen and oxygen atoms in total. The number of aromatic amines is 1. The highest BCUT2D eigenvalue weighted by molar-refractivity contribution is 5.94. The van der Waals surface area contributed by atoms with E-state index in [2.05, 4.69) is 21.4 Å². The molecule has 4 heteroatoms. The molecule has 3 rings (SSSR count). The van der Waals surface area contributed by atoms with Crippen LogP contribution >= 0.6 is 0 Å². The Bertz CT molecular complexity index is 759. The molecule has 0 aliphatic heterocycles. The van der Waals surface area contributed by atoms with Crippen LogP contribution in [0.15, 0.2) is 48.8 Å². The summed E-state index contributed by atoms with van der Waals surface area (Å²) in [4.78, 5) is 19.3. The monoisotopic (exact) mass is 279 g/mol. The van der Waals surface area contributed by atoms with E-state index in [0.717, 1.165) is 23.0 Å². The third kappa shape index (κ3) is 3.11. The van der Waals surface area contributed by atoms with Crippen LogP contribution in [0.2, 0.25) is 0 Å². The molecule has 3 aromatic rings. The molecule has 0 unspecified atom stereocenters. The highest BCUT2D eigenvalue weighted by atomic mass is 16.1. The number of H-pyrrole nitrogens is 1. The largest absolute Gasteiger partial charge is 0.352 e. The molecule has 0 spiro atoms. The summed E-state index contributed by atoms with van der Waals surface area (Å²) >= 11 is 0. The van der Waals surface area contributed by atoms with Gasteiger partial charge in [-0.3, -0.25) is 4.79 Å². The van der Waals surface area contributed by atoms with Gasteiger partial charge < -0.3 is 10.3 Å². The number of nitrogens with one attached hydrogen (secondary N) is 2. The van der Waals surface area contributed by atoms with E-state index in [1.165, 1.54) is 5.56 Å². The number of hydrogen-bond donors (Lipinski definition) is 2. The van der Waals surface area contributed by atoms with Crippen LogP contribution in [-0.4, -0.2) is 22.4 Å². The minimum Gasteiger partial charge on any atom is -0.352 e. The number of nitrogens with zero attached hydrogens (tertiary/aromatic N) is 1. The van der Waals surface area contributed by atoms with Crippen LogP contribution in [0.5, 0.6) is 0 Å². The average Bonchev–Trinajstić information content (AvgIpc) is 2.95. The van der Waals surface area contributed by atoms with Crippen LogP contribution in [0.25, 0.3) is 11.0 Å². The first-order valence-corrected chi connectivity index (χ1v) is 6.99. The van der Waals surface area contributed by atoms with Crippen molar-refractivity contribution in [3.63, 3.8) is 0 Å². The molecule has 2 aromatic carbocycles. The number of aromatic nitrogens is 2. The number of carbonyl (C=O) groups is 1. The van der Waals surface area contributed by atoms with Gasteiger partial charge in [0, 0.05) is 12.1 Å². The predicted octanol–water partition coefficient (Wildman–Crippen LogP) is 2.84. The van der Waals surface area contributed by atoms with Gasteiger partial charge >= 0.3 is 0 Å². The first-order valence-electron chi connectivity index (χ1n) is 6.99. The maximum Gasteiger partial charge on any atom is 0.251 e. The van der Waals surface area contributed by atoms with E-state index in [-0.39, 0.29) is 5.91 Å². The second-order valence-electron chi connectivity index (χ2n) is 5.13. The summed E-state index contributed by atoms with van der Waals surface area (Å²) in [5.74, 6) is -0.0300. The minimum atomic E-state index is -0.0300. The van der Waals surface area contributed by atoms with Crippen molar-refractivity contribution in [2.75, 3.05) is 6.54 Å². The third-order valence-corrected chi connectivity index (χ3v) is 3.50. The van der Waals surface area contributed by atoms with Crippen LogP contribution in [0.3, 0.4) is 0 Å². The molecule has 1 heterocycles. The lowest BCUT2D eigenvalue weighted by atomic mass is 10.1. The van der Waals surface area contributed by atoms with Crippen molar-refractivity contribution in [2.45, 2.75) is 13.3 Å². The Morgan fingerprint density at radius 1 is 1.19 bits per heavy atom. The molecule has 0 saturated carbocycles.